The van der Waals surface area contributed by atoms with Crippen molar-refractivity contribution in [2.75, 3.05) is 11.9 Å². The minimum absolute atomic E-state index is 0.264. The van der Waals surface area contributed by atoms with Crippen LogP contribution < -0.4 is 11.1 Å². The monoisotopic (exact) mass is 260 g/mol. The lowest BCUT2D eigenvalue weighted by atomic mass is 10.1. The Balaban J connectivity index is 2.08. The van der Waals surface area contributed by atoms with E-state index in [-0.39, 0.29) is 11.4 Å². The van der Waals surface area contributed by atoms with Crippen molar-refractivity contribution < 1.29 is 4.39 Å². The minimum atomic E-state index is -0.308. The van der Waals surface area contributed by atoms with Gasteiger partial charge in [-0.2, -0.15) is 0 Å². The summed E-state index contributed by atoms with van der Waals surface area (Å²) in [6.45, 7) is 4.47. The summed E-state index contributed by atoms with van der Waals surface area (Å²) in [5.41, 5.74) is 7.10. The molecule has 0 saturated carbocycles. The number of nitrogens with zero attached hydrogens (tertiary/aromatic N) is 2. The van der Waals surface area contributed by atoms with Crippen molar-refractivity contribution in [3.63, 3.8) is 0 Å². The van der Waals surface area contributed by atoms with Crippen LogP contribution >= 0.6 is 0 Å². The third kappa shape index (κ3) is 3.99. The van der Waals surface area contributed by atoms with Gasteiger partial charge >= 0.3 is 0 Å². The Kier molecular flexibility index (Phi) is 3.76. The van der Waals surface area contributed by atoms with Crippen LogP contribution in [0.3, 0.4) is 0 Å². The highest BCUT2D eigenvalue weighted by Gasteiger charge is 2.10. The van der Waals surface area contributed by atoms with Crippen molar-refractivity contribution in [2.24, 2.45) is 5.73 Å². The number of nitrogens with two attached hydrogens (primary N) is 1. The molecule has 0 spiro atoms. The SMILES string of the molecule is CC(C)(N)CNc1ccc(-c2ccc(F)cc2)nn1. The van der Waals surface area contributed by atoms with Crippen LogP contribution in [0.1, 0.15) is 13.8 Å². The molecule has 0 amide bonds. The first kappa shape index (κ1) is 13.4. The largest absolute Gasteiger partial charge is 0.367 e. The second-order valence-corrected chi connectivity index (χ2v) is 5.15. The van der Waals surface area contributed by atoms with Crippen molar-refractivity contribution in [1.82, 2.24) is 10.2 Å². The van der Waals surface area contributed by atoms with Gasteiger partial charge in [-0.3, -0.25) is 0 Å². The second-order valence-electron chi connectivity index (χ2n) is 5.15. The maximum atomic E-state index is 12.8. The van der Waals surface area contributed by atoms with Crippen molar-refractivity contribution in [3.8, 4) is 11.3 Å². The highest BCUT2D eigenvalue weighted by Crippen LogP contribution is 2.17. The molecule has 2 aromatic rings. The molecular weight excluding hydrogens is 243 g/mol. The number of halogens is 1. The van der Waals surface area contributed by atoms with E-state index in [0.29, 0.717) is 18.1 Å². The van der Waals surface area contributed by atoms with Gasteiger partial charge in [0.15, 0.2) is 0 Å². The normalized spacial score (nSPS) is 11.4. The predicted molar refractivity (Wildman–Crippen MR) is 74.2 cm³/mol. The molecule has 19 heavy (non-hydrogen) atoms. The van der Waals surface area contributed by atoms with E-state index in [1.165, 1.54) is 12.1 Å². The second kappa shape index (κ2) is 5.32. The van der Waals surface area contributed by atoms with Gasteiger partial charge < -0.3 is 11.1 Å². The smallest absolute Gasteiger partial charge is 0.148 e. The Hall–Kier alpha value is -2.01. The molecule has 0 fully saturated rings. The van der Waals surface area contributed by atoms with E-state index in [4.69, 9.17) is 5.73 Å². The van der Waals surface area contributed by atoms with E-state index in [0.717, 1.165) is 5.56 Å². The number of aromatic nitrogens is 2. The molecular formula is C14H17FN4. The fraction of sp³-hybridized carbons (Fsp3) is 0.286. The number of anilines is 1. The maximum Gasteiger partial charge on any atom is 0.148 e. The van der Waals surface area contributed by atoms with Crippen molar-refractivity contribution in [3.05, 3.63) is 42.2 Å². The molecule has 5 heteroatoms. The van der Waals surface area contributed by atoms with Gasteiger partial charge in [-0.1, -0.05) is 0 Å². The number of nitrogens with one attached hydrogen (secondary N) is 1. The lowest BCUT2D eigenvalue weighted by molar-refractivity contribution is 0.548. The zero-order valence-electron chi connectivity index (χ0n) is 11.0. The summed E-state index contributed by atoms with van der Waals surface area (Å²) < 4.78 is 12.8. The molecule has 0 aliphatic heterocycles. The predicted octanol–water partition coefficient (Wildman–Crippen LogP) is 2.43. The Morgan fingerprint density at radius 2 is 1.79 bits per heavy atom. The molecule has 3 N–H and O–H groups in total. The number of hydrogen-bond donors (Lipinski definition) is 2. The van der Waals surface area contributed by atoms with Crippen molar-refractivity contribution >= 4 is 5.82 Å². The van der Waals surface area contributed by atoms with E-state index in [9.17, 15) is 4.39 Å². The maximum absolute atomic E-state index is 12.8. The van der Waals surface area contributed by atoms with E-state index >= 15 is 0 Å². The molecule has 0 atom stereocenters. The first-order valence-electron chi connectivity index (χ1n) is 6.06. The summed E-state index contributed by atoms with van der Waals surface area (Å²) in [5.74, 6) is 0.407. The summed E-state index contributed by atoms with van der Waals surface area (Å²) in [4.78, 5) is 0. The molecule has 0 aliphatic carbocycles. The summed E-state index contributed by atoms with van der Waals surface area (Å²) in [6, 6.07) is 9.83. The van der Waals surface area contributed by atoms with Crippen molar-refractivity contribution in [1.29, 1.82) is 0 Å². The minimum Gasteiger partial charge on any atom is -0.367 e. The molecule has 2 rings (SSSR count). The van der Waals surface area contributed by atoms with Gasteiger partial charge in [0, 0.05) is 17.6 Å². The molecule has 0 saturated heterocycles. The molecule has 0 aliphatic rings. The molecule has 1 aromatic heterocycles. The lowest BCUT2D eigenvalue weighted by Gasteiger charge is -2.18. The first-order chi connectivity index (χ1) is 8.94. The third-order valence-corrected chi connectivity index (χ3v) is 2.53. The quantitative estimate of drug-likeness (QED) is 0.886. The fourth-order valence-electron chi connectivity index (χ4n) is 1.52. The van der Waals surface area contributed by atoms with Gasteiger partial charge in [0.25, 0.3) is 0 Å². The van der Waals surface area contributed by atoms with Crippen LogP contribution in [0.4, 0.5) is 10.2 Å². The van der Waals surface area contributed by atoms with Gasteiger partial charge in [-0.25, -0.2) is 4.39 Å². The Bertz CT molecular complexity index is 529. The van der Waals surface area contributed by atoms with E-state index in [1.54, 1.807) is 12.1 Å². The summed E-state index contributed by atoms with van der Waals surface area (Å²) in [6.07, 6.45) is 0. The van der Waals surface area contributed by atoms with Crippen LogP contribution in [-0.4, -0.2) is 22.3 Å². The van der Waals surface area contributed by atoms with Crippen LogP contribution in [0.25, 0.3) is 11.3 Å². The lowest BCUT2D eigenvalue weighted by Crippen LogP contribution is -2.39. The van der Waals surface area contributed by atoms with E-state index in [2.05, 4.69) is 15.5 Å². The topological polar surface area (TPSA) is 63.8 Å². The van der Waals surface area contributed by atoms with Crippen LogP contribution in [0.2, 0.25) is 0 Å². The molecule has 1 aromatic carbocycles. The Morgan fingerprint density at radius 1 is 1.11 bits per heavy atom. The number of hydrogen-bond acceptors (Lipinski definition) is 4. The summed E-state index contributed by atoms with van der Waals surface area (Å²) in [7, 11) is 0. The number of rotatable bonds is 4. The average molecular weight is 260 g/mol. The standard InChI is InChI=1S/C14H17FN4/c1-14(2,16)9-17-13-8-7-12(18-19-13)10-3-5-11(15)6-4-10/h3-8H,9,16H2,1-2H3,(H,17,19). The Labute approximate surface area is 111 Å². The van der Waals surface area contributed by atoms with Crippen LogP contribution in [0.5, 0.6) is 0 Å². The first-order valence-corrected chi connectivity index (χ1v) is 6.06. The van der Waals surface area contributed by atoms with E-state index < -0.39 is 0 Å². The van der Waals surface area contributed by atoms with Crippen LogP contribution in [-0.2, 0) is 0 Å². The Morgan fingerprint density at radius 3 is 2.32 bits per heavy atom. The third-order valence-electron chi connectivity index (χ3n) is 2.53. The number of benzene rings is 1. The zero-order valence-corrected chi connectivity index (χ0v) is 11.0. The van der Waals surface area contributed by atoms with Crippen LogP contribution in [0, 0.1) is 5.82 Å². The van der Waals surface area contributed by atoms with E-state index in [1.807, 2.05) is 26.0 Å². The summed E-state index contributed by atoms with van der Waals surface area (Å²) >= 11 is 0. The van der Waals surface area contributed by atoms with Gasteiger partial charge in [0.2, 0.25) is 0 Å². The highest BCUT2D eigenvalue weighted by molar-refractivity contribution is 5.59. The van der Waals surface area contributed by atoms with Gasteiger partial charge in [0.05, 0.1) is 5.69 Å². The molecule has 100 valence electrons. The van der Waals surface area contributed by atoms with Gasteiger partial charge in [-0.15, -0.1) is 10.2 Å². The zero-order chi connectivity index (χ0) is 13.9. The van der Waals surface area contributed by atoms with Gasteiger partial charge in [0.1, 0.15) is 11.6 Å². The van der Waals surface area contributed by atoms with Crippen molar-refractivity contribution in [2.45, 2.75) is 19.4 Å². The molecule has 1 heterocycles. The molecule has 0 bridgehead atoms. The molecule has 4 nitrogen and oxygen atoms in total. The highest BCUT2D eigenvalue weighted by atomic mass is 19.1. The van der Waals surface area contributed by atoms with Gasteiger partial charge in [-0.05, 0) is 50.2 Å². The molecule has 0 unspecified atom stereocenters. The van der Waals surface area contributed by atoms with Crippen LogP contribution in [0.15, 0.2) is 36.4 Å². The average Bonchev–Trinajstić information content (AvgIpc) is 2.37. The molecule has 0 radical (unpaired) electrons. The fourth-order valence-corrected chi connectivity index (χ4v) is 1.52. The summed E-state index contributed by atoms with van der Waals surface area (Å²) in [5, 5.41) is 11.3.